The molecule has 1 aromatic carbocycles. The highest BCUT2D eigenvalue weighted by molar-refractivity contribution is 7.98. The average Bonchev–Trinajstić information content (AvgIpc) is 2.83. The zero-order valence-corrected chi connectivity index (χ0v) is 12.3. The van der Waals surface area contributed by atoms with E-state index in [9.17, 15) is 4.79 Å². The van der Waals surface area contributed by atoms with E-state index in [-0.39, 0.29) is 11.9 Å². The lowest BCUT2D eigenvalue weighted by molar-refractivity contribution is -0.145. The van der Waals surface area contributed by atoms with Crippen LogP contribution in [0.25, 0.3) is 10.9 Å². The first-order chi connectivity index (χ1) is 9.21. The molecular weight excluding hydrogens is 258 g/mol. The highest BCUT2D eigenvalue weighted by Gasteiger charge is 2.23. The van der Waals surface area contributed by atoms with E-state index in [1.165, 1.54) is 4.90 Å². The van der Waals surface area contributed by atoms with Crippen molar-refractivity contribution in [3.63, 3.8) is 0 Å². The molecule has 102 valence electrons. The van der Waals surface area contributed by atoms with Gasteiger partial charge in [-0.3, -0.25) is 4.79 Å². The summed E-state index contributed by atoms with van der Waals surface area (Å²) in [6.07, 6.45) is 4.73. The maximum Gasteiger partial charge on any atom is 0.313 e. The average molecular weight is 277 g/mol. The van der Waals surface area contributed by atoms with Gasteiger partial charge in [-0.15, -0.1) is 11.8 Å². The van der Waals surface area contributed by atoms with Crippen molar-refractivity contribution in [2.75, 3.05) is 12.9 Å². The first-order valence-electron chi connectivity index (χ1n) is 6.52. The van der Waals surface area contributed by atoms with Crippen molar-refractivity contribution in [2.45, 2.75) is 31.1 Å². The second kappa shape index (κ2) is 6.15. The quantitative estimate of drug-likeness (QED) is 0.664. The number of rotatable bonds is 5. The molecule has 1 atom stereocenters. The van der Waals surface area contributed by atoms with E-state index in [1.807, 2.05) is 20.0 Å². The van der Waals surface area contributed by atoms with Crippen LogP contribution in [0, 0.1) is 0 Å². The van der Waals surface area contributed by atoms with Crippen LogP contribution >= 0.6 is 11.8 Å². The Morgan fingerprint density at radius 2 is 2.21 bits per heavy atom. The van der Waals surface area contributed by atoms with Crippen LogP contribution in [0.2, 0.25) is 0 Å². The van der Waals surface area contributed by atoms with E-state index in [0.717, 1.165) is 22.9 Å². The van der Waals surface area contributed by atoms with Gasteiger partial charge in [-0.05, 0) is 43.4 Å². The maximum atomic E-state index is 12.0. The fraction of sp³-hybridized carbons (Fsp3) is 0.400. The summed E-state index contributed by atoms with van der Waals surface area (Å²) in [5, 5.41) is 1.12. The molecule has 3 nitrogen and oxygen atoms in total. The molecule has 4 heteroatoms. The van der Waals surface area contributed by atoms with Crippen LogP contribution in [0.15, 0.2) is 29.3 Å². The summed E-state index contributed by atoms with van der Waals surface area (Å²) in [5.41, 5.74) is 2.10. The van der Waals surface area contributed by atoms with Gasteiger partial charge in [0.1, 0.15) is 0 Å². The molecule has 1 heterocycles. The van der Waals surface area contributed by atoms with Gasteiger partial charge in [0.25, 0.3) is 0 Å². The third-order valence-corrected chi connectivity index (χ3v) is 4.00. The zero-order chi connectivity index (χ0) is 13.8. The summed E-state index contributed by atoms with van der Waals surface area (Å²) < 4.78 is 5.17. The number of carbonyl (C=O) groups is 1. The molecular formula is C15H19NO2S. The lowest BCUT2D eigenvalue weighted by Gasteiger charge is -2.13. The summed E-state index contributed by atoms with van der Waals surface area (Å²) in [5.74, 6) is -0.328. The Labute approximate surface area is 117 Å². The summed E-state index contributed by atoms with van der Waals surface area (Å²) in [7, 11) is 0. The fourth-order valence-corrected chi connectivity index (χ4v) is 2.73. The van der Waals surface area contributed by atoms with Crippen LogP contribution in [-0.2, 0) is 9.53 Å². The molecule has 1 unspecified atom stereocenters. The van der Waals surface area contributed by atoms with Crippen LogP contribution in [0.3, 0.4) is 0 Å². The van der Waals surface area contributed by atoms with E-state index >= 15 is 0 Å². The SMILES string of the molecule is CCOC(=O)C(CC)c1c[nH]c2ccc(SC)cc12. The third-order valence-electron chi connectivity index (χ3n) is 3.28. The van der Waals surface area contributed by atoms with E-state index in [1.54, 1.807) is 11.8 Å². The molecule has 0 fully saturated rings. The highest BCUT2D eigenvalue weighted by atomic mass is 32.2. The molecule has 0 aliphatic rings. The van der Waals surface area contributed by atoms with Gasteiger partial charge < -0.3 is 9.72 Å². The number of hydrogen-bond donors (Lipinski definition) is 1. The number of carbonyl (C=O) groups excluding carboxylic acids is 1. The molecule has 0 aliphatic carbocycles. The Kier molecular flexibility index (Phi) is 4.53. The number of fused-ring (bicyclic) bond motifs is 1. The monoisotopic (exact) mass is 277 g/mol. The second-order valence-corrected chi connectivity index (χ2v) is 5.25. The van der Waals surface area contributed by atoms with E-state index in [4.69, 9.17) is 4.74 Å². The Morgan fingerprint density at radius 1 is 1.42 bits per heavy atom. The topological polar surface area (TPSA) is 42.1 Å². The molecule has 1 N–H and O–H groups in total. The minimum Gasteiger partial charge on any atom is -0.466 e. The molecule has 2 rings (SSSR count). The molecule has 0 aliphatic heterocycles. The summed E-state index contributed by atoms with van der Waals surface area (Å²) >= 11 is 1.70. The van der Waals surface area contributed by atoms with Gasteiger partial charge in [-0.1, -0.05) is 6.92 Å². The van der Waals surface area contributed by atoms with Crippen LogP contribution in [0.1, 0.15) is 31.7 Å². The summed E-state index contributed by atoms with van der Waals surface area (Å²) in [4.78, 5) is 16.5. The molecule has 2 aromatic rings. The van der Waals surface area contributed by atoms with Crippen molar-refractivity contribution in [1.82, 2.24) is 4.98 Å². The van der Waals surface area contributed by atoms with Gasteiger partial charge in [-0.2, -0.15) is 0 Å². The Morgan fingerprint density at radius 3 is 2.84 bits per heavy atom. The van der Waals surface area contributed by atoms with Crippen molar-refractivity contribution < 1.29 is 9.53 Å². The molecule has 0 saturated carbocycles. The number of aromatic amines is 1. The van der Waals surface area contributed by atoms with Crippen molar-refractivity contribution >= 4 is 28.6 Å². The number of benzene rings is 1. The van der Waals surface area contributed by atoms with E-state index < -0.39 is 0 Å². The van der Waals surface area contributed by atoms with Gasteiger partial charge in [0.15, 0.2) is 0 Å². The Balaban J connectivity index is 2.45. The predicted octanol–water partition coefficient (Wildman–Crippen LogP) is 3.95. The van der Waals surface area contributed by atoms with Crippen LogP contribution in [0.5, 0.6) is 0 Å². The number of aromatic nitrogens is 1. The summed E-state index contributed by atoms with van der Waals surface area (Å²) in [6.45, 7) is 4.28. The van der Waals surface area contributed by atoms with E-state index in [0.29, 0.717) is 6.61 Å². The molecule has 0 amide bonds. The highest BCUT2D eigenvalue weighted by Crippen LogP contribution is 2.31. The van der Waals surface area contributed by atoms with E-state index in [2.05, 4.69) is 29.4 Å². The van der Waals surface area contributed by atoms with Gasteiger partial charge in [0.2, 0.25) is 0 Å². The Bertz CT molecular complexity index is 577. The number of ether oxygens (including phenoxy) is 1. The lowest BCUT2D eigenvalue weighted by atomic mass is 9.96. The molecule has 0 saturated heterocycles. The number of H-pyrrole nitrogens is 1. The fourth-order valence-electron chi connectivity index (χ4n) is 2.29. The minimum absolute atomic E-state index is 0.138. The van der Waals surface area contributed by atoms with Crippen molar-refractivity contribution in [1.29, 1.82) is 0 Å². The number of esters is 1. The van der Waals surface area contributed by atoms with Crippen molar-refractivity contribution in [3.05, 3.63) is 30.0 Å². The normalized spacial score (nSPS) is 12.6. The number of nitrogens with one attached hydrogen (secondary N) is 1. The number of thioether (sulfide) groups is 1. The lowest BCUT2D eigenvalue weighted by Crippen LogP contribution is -2.14. The van der Waals surface area contributed by atoms with Gasteiger partial charge in [-0.25, -0.2) is 0 Å². The Hall–Kier alpha value is -1.42. The van der Waals surface area contributed by atoms with Crippen LogP contribution in [-0.4, -0.2) is 23.8 Å². The molecule has 19 heavy (non-hydrogen) atoms. The first-order valence-corrected chi connectivity index (χ1v) is 7.75. The second-order valence-electron chi connectivity index (χ2n) is 4.37. The maximum absolute atomic E-state index is 12.0. The van der Waals surface area contributed by atoms with Crippen molar-refractivity contribution in [2.24, 2.45) is 0 Å². The van der Waals surface area contributed by atoms with Gasteiger partial charge in [0, 0.05) is 22.0 Å². The third kappa shape index (κ3) is 2.78. The van der Waals surface area contributed by atoms with Crippen LogP contribution < -0.4 is 0 Å². The summed E-state index contributed by atoms with van der Waals surface area (Å²) in [6, 6.07) is 6.27. The minimum atomic E-state index is -0.189. The first kappa shape index (κ1) is 14.0. The largest absolute Gasteiger partial charge is 0.466 e. The standard InChI is InChI=1S/C15H19NO2S/c1-4-11(15(17)18-5-2)13-9-16-14-7-6-10(19-3)8-12(13)14/h6-9,11,16H,4-5H2,1-3H3. The van der Waals surface area contributed by atoms with Gasteiger partial charge >= 0.3 is 5.97 Å². The molecule has 0 bridgehead atoms. The molecule has 1 aromatic heterocycles. The zero-order valence-electron chi connectivity index (χ0n) is 11.5. The van der Waals surface area contributed by atoms with Crippen molar-refractivity contribution in [3.8, 4) is 0 Å². The van der Waals surface area contributed by atoms with Crippen LogP contribution in [0.4, 0.5) is 0 Å². The smallest absolute Gasteiger partial charge is 0.313 e. The molecule has 0 spiro atoms. The van der Waals surface area contributed by atoms with Gasteiger partial charge in [0.05, 0.1) is 12.5 Å². The number of hydrogen-bond acceptors (Lipinski definition) is 3. The predicted molar refractivity (Wildman–Crippen MR) is 79.7 cm³/mol. The molecule has 0 radical (unpaired) electrons.